The van der Waals surface area contributed by atoms with E-state index in [1.165, 1.54) is 12.5 Å². The van der Waals surface area contributed by atoms with Crippen LogP contribution in [-0.4, -0.2) is 53.4 Å². The molecule has 11 nitrogen and oxygen atoms in total. The number of benzene rings is 1. The normalized spacial score (nSPS) is 17.2. The number of amidine groups is 1. The van der Waals surface area contributed by atoms with Gasteiger partial charge in [-0.3, -0.25) is 9.59 Å². The SMILES string of the molecule is O=C(O)CC1SC(=NN=Cc2ccc(Oc3cc(-n4cccn4)ncn3)cc2)NC1=O. The summed E-state index contributed by atoms with van der Waals surface area (Å²) in [7, 11) is 0. The molecule has 0 radical (unpaired) electrons. The summed E-state index contributed by atoms with van der Waals surface area (Å²) in [5.74, 6) is 0.102. The smallest absolute Gasteiger partial charge is 0.305 e. The first kappa shape index (κ1) is 20.2. The van der Waals surface area contributed by atoms with Crippen molar-refractivity contribution in [3.05, 3.63) is 60.7 Å². The molecule has 2 N–H and O–H groups in total. The second-order valence-electron chi connectivity index (χ2n) is 6.18. The van der Waals surface area contributed by atoms with E-state index in [4.69, 9.17) is 9.84 Å². The van der Waals surface area contributed by atoms with Gasteiger partial charge in [0.15, 0.2) is 11.0 Å². The number of rotatable bonds is 7. The molecular formula is C19H15N7O4S. The highest BCUT2D eigenvalue weighted by Gasteiger charge is 2.32. The van der Waals surface area contributed by atoms with E-state index in [1.54, 1.807) is 53.5 Å². The Kier molecular flexibility index (Phi) is 5.98. The second-order valence-corrected chi connectivity index (χ2v) is 7.37. The quantitative estimate of drug-likeness (QED) is 0.421. The van der Waals surface area contributed by atoms with Gasteiger partial charge in [-0.2, -0.15) is 10.2 Å². The highest BCUT2D eigenvalue weighted by atomic mass is 32.2. The summed E-state index contributed by atoms with van der Waals surface area (Å²) in [5.41, 5.74) is 0.757. The van der Waals surface area contributed by atoms with Gasteiger partial charge in [0.05, 0.1) is 12.6 Å². The predicted octanol–water partition coefficient (Wildman–Crippen LogP) is 1.85. The topological polar surface area (TPSA) is 144 Å². The molecule has 1 saturated heterocycles. The highest BCUT2D eigenvalue weighted by Crippen LogP contribution is 2.23. The lowest BCUT2D eigenvalue weighted by molar-refractivity contribution is -0.138. The summed E-state index contributed by atoms with van der Waals surface area (Å²) in [4.78, 5) is 30.7. The maximum absolute atomic E-state index is 11.7. The van der Waals surface area contributed by atoms with Crippen LogP contribution in [0.2, 0.25) is 0 Å². The van der Waals surface area contributed by atoms with Gasteiger partial charge in [-0.05, 0) is 35.9 Å². The first-order chi connectivity index (χ1) is 15.1. The molecule has 1 atom stereocenters. The van der Waals surface area contributed by atoms with E-state index in [2.05, 4.69) is 30.6 Å². The van der Waals surface area contributed by atoms with Crippen molar-refractivity contribution in [3.8, 4) is 17.4 Å². The molecule has 12 heteroatoms. The third kappa shape index (κ3) is 5.30. The zero-order valence-corrected chi connectivity index (χ0v) is 16.6. The average Bonchev–Trinajstić information content (AvgIpc) is 3.40. The molecule has 1 aliphatic heterocycles. The fourth-order valence-electron chi connectivity index (χ4n) is 2.55. The maximum Gasteiger partial charge on any atom is 0.305 e. The number of hydrogen-bond donors (Lipinski definition) is 2. The summed E-state index contributed by atoms with van der Waals surface area (Å²) < 4.78 is 7.35. The van der Waals surface area contributed by atoms with E-state index in [9.17, 15) is 9.59 Å². The first-order valence-corrected chi connectivity index (χ1v) is 9.85. The van der Waals surface area contributed by atoms with Crippen LogP contribution < -0.4 is 10.1 Å². The van der Waals surface area contributed by atoms with Crippen LogP contribution in [0, 0.1) is 0 Å². The monoisotopic (exact) mass is 437 g/mol. The molecule has 156 valence electrons. The van der Waals surface area contributed by atoms with Crippen LogP contribution in [0.15, 0.2) is 65.3 Å². The first-order valence-electron chi connectivity index (χ1n) is 8.97. The Labute approximate surface area is 179 Å². The standard InChI is InChI=1S/C19H15N7O4S/c27-17(28)8-14-18(29)24-19(31-14)25-22-10-12-2-4-13(5-3-12)30-16-9-15(20-11-21-16)26-7-1-6-23-26/h1-7,9-11,14H,8H2,(H,27,28)(H,24,25,29). The molecule has 4 rings (SSSR count). The number of carboxylic acids is 1. The van der Waals surface area contributed by atoms with Crippen molar-refractivity contribution in [1.82, 2.24) is 25.1 Å². The summed E-state index contributed by atoms with van der Waals surface area (Å²) in [6, 6.07) is 10.5. The molecule has 1 fully saturated rings. The molecule has 1 aromatic carbocycles. The van der Waals surface area contributed by atoms with E-state index >= 15 is 0 Å². The van der Waals surface area contributed by atoms with Crippen molar-refractivity contribution in [2.45, 2.75) is 11.7 Å². The van der Waals surface area contributed by atoms with Crippen molar-refractivity contribution in [1.29, 1.82) is 0 Å². The number of carbonyl (C=O) groups excluding carboxylic acids is 1. The summed E-state index contributed by atoms with van der Waals surface area (Å²) in [5, 5.41) is 22.8. The molecular weight excluding hydrogens is 422 g/mol. The van der Waals surface area contributed by atoms with Crippen molar-refractivity contribution < 1.29 is 19.4 Å². The molecule has 2 aromatic heterocycles. The Morgan fingerprint density at radius 2 is 2.16 bits per heavy atom. The van der Waals surface area contributed by atoms with Crippen molar-refractivity contribution in [2.24, 2.45) is 10.2 Å². The van der Waals surface area contributed by atoms with Gasteiger partial charge in [0.25, 0.3) is 0 Å². The van der Waals surface area contributed by atoms with Crippen molar-refractivity contribution in [2.75, 3.05) is 0 Å². The van der Waals surface area contributed by atoms with Gasteiger partial charge in [-0.15, -0.1) is 5.10 Å². The van der Waals surface area contributed by atoms with E-state index in [1.807, 2.05) is 0 Å². The van der Waals surface area contributed by atoms with Crippen LogP contribution in [0.25, 0.3) is 5.82 Å². The number of carboxylic acid groups (broad SMARTS) is 1. The van der Waals surface area contributed by atoms with Gasteiger partial charge in [-0.25, -0.2) is 14.6 Å². The van der Waals surface area contributed by atoms with Crippen LogP contribution in [0.4, 0.5) is 0 Å². The van der Waals surface area contributed by atoms with Gasteiger partial charge in [0.1, 0.15) is 17.3 Å². The summed E-state index contributed by atoms with van der Waals surface area (Å²) in [6.45, 7) is 0. The molecule has 1 amide bonds. The van der Waals surface area contributed by atoms with Crippen molar-refractivity contribution in [3.63, 3.8) is 0 Å². The van der Waals surface area contributed by atoms with Crippen LogP contribution >= 0.6 is 11.8 Å². The fourth-order valence-corrected chi connectivity index (χ4v) is 3.47. The largest absolute Gasteiger partial charge is 0.481 e. The molecule has 1 unspecified atom stereocenters. The molecule has 0 saturated carbocycles. The number of aromatic nitrogens is 4. The zero-order valence-electron chi connectivity index (χ0n) is 15.8. The average molecular weight is 437 g/mol. The lowest BCUT2D eigenvalue weighted by Crippen LogP contribution is -2.26. The van der Waals surface area contributed by atoms with Gasteiger partial charge in [-0.1, -0.05) is 11.8 Å². The third-order valence-corrected chi connectivity index (χ3v) is 5.03. The number of nitrogens with zero attached hydrogens (tertiary/aromatic N) is 6. The molecule has 0 aliphatic carbocycles. The van der Waals surface area contributed by atoms with E-state index < -0.39 is 11.2 Å². The molecule has 1 aliphatic rings. The highest BCUT2D eigenvalue weighted by molar-refractivity contribution is 8.15. The van der Waals surface area contributed by atoms with Gasteiger partial charge in [0, 0.05) is 18.5 Å². The number of carbonyl (C=O) groups is 2. The number of aliphatic carboxylic acids is 1. The van der Waals surface area contributed by atoms with Gasteiger partial charge >= 0.3 is 5.97 Å². The van der Waals surface area contributed by atoms with E-state index in [0.717, 1.165) is 17.3 Å². The zero-order chi connectivity index (χ0) is 21.6. The van der Waals surface area contributed by atoms with Crippen molar-refractivity contribution >= 4 is 35.0 Å². The maximum atomic E-state index is 11.7. The Morgan fingerprint density at radius 3 is 2.90 bits per heavy atom. The van der Waals surface area contributed by atoms with E-state index in [-0.39, 0.29) is 17.5 Å². The molecule has 3 aromatic rings. The van der Waals surface area contributed by atoms with Crippen LogP contribution in [0.5, 0.6) is 11.6 Å². The minimum atomic E-state index is -1.04. The Morgan fingerprint density at radius 1 is 1.32 bits per heavy atom. The molecule has 0 spiro atoms. The van der Waals surface area contributed by atoms with Gasteiger partial charge in [0.2, 0.25) is 11.8 Å². The number of ether oxygens (including phenoxy) is 1. The van der Waals surface area contributed by atoms with Crippen LogP contribution in [-0.2, 0) is 9.59 Å². The summed E-state index contributed by atoms with van der Waals surface area (Å²) >= 11 is 1.04. The lowest BCUT2D eigenvalue weighted by atomic mass is 10.2. The minimum Gasteiger partial charge on any atom is -0.481 e. The molecule has 31 heavy (non-hydrogen) atoms. The Balaban J connectivity index is 1.36. The molecule has 3 heterocycles. The van der Waals surface area contributed by atoms with Crippen LogP contribution in [0.1, 0.15) is 12.0 Å². The van der Waals surface area contributed by atoms with Crippen LogP contribution in [0.3, 0.4) is 0 Å². The minimum absolute atomic E-state index is 0.267. The Hall–Kier alpha value is -4.06. The predicted molar refractivity (Wildman–Crippen MR) is 112 cm³/mol. The fraction of sp³-hybridized carbons (Fsp3) is 0.105. The number of nitrogens with one attached hydrogen (secondary N) is 1. The Bertz CT molecular complexity index is 1150. The second kappa shape index (κ2) is 9.17. The summed E-state index contributed by atoms with van der Waals surface area (Å²) in [6.07, 6.45) is 6.06. The molecule has 0 bridgehead atoms. The number of hydrogen-bond acceptors (Lipinski definition) is 9. The lowest BCUT2D eigenvalue weighted by Gasteiger charge is -2.06. The number of amides is 1. The third-order valence-electron chi connectivity index (χ3n) is 3.96. The van der Waals surface area contributed by atoms with Gasteiger partial charge < -0.3 is 15.2 Å². The number of thioether (sulfide) groups is 1. The van der Waals surface area contributed by atoms with E-state index in [0.29, 0.717) is 17.4 Å².